The Labute approximate surface area is 135 Å². The van der Waals surface area contributed by atoms with Crippen molar-refractivity contribution in [3.8, 4) is 0 Å². The van der Waals surface area contributed by atoms with Gasteiger partial charge in [0.2, 0.25) is 5.91 Å². The van der Waals surface area contributed by atoms with Crippen molar-refractivity contribution in [2.75, 3.05) is 13.1 Å². The van der Waals surface area contributed by atoms with Crippen LogP contribution in [0.4, 0.5) is 0 Å². The summed E-state index contributed by atoms with van der Waals surface area (Å²) in [6, 6.07) is 0. The Morgan fingerprint density at radius 3 is 2.55 bits per heavy atom. The van der Waals surface area contributed by atoms with Gasteiger partial charge in [0.25, 0.3) is 0 Å². The molecule has 4 unspecified atom stereocenters. The zero-order valence-electron chi connectivity index (χ0n) is 14.3. The maximum absolute atomic E-state index is 12.5. The molecule has 4 aliphatic carbocycles. The minimum Gasteiger partial charge on any atom is -0.342 e. The molecular formula is C20H31NO. The fourth-order valence-electron chi connectivity index (χ4n) is 4.66. The van der Waals surface area contributed by atoms with Crippen molar-refractivity contribution in [3.05, 3.63) is 11.6 Å². The molecule has 0 aromatic carbocycles. The highest BCUT2D eigenvalue weighted by Gasteiger charge is 2.47. The van der Waals surface area contributed by atoms with Crippen LogP contribution in [0.3, 0.4) is 0 Å². The maximum atomic E-state index is 12.5. The van der Waals surface area contributed by atoms with Crippen molar-refractivity contribution in [2.45, 2.75) is 58.8 Å². The molecule has 0 spiro atoms. The van der Waals surface area contributed by atoms with Crippen LogP contribution in [0.5, 0.6) is 0 Å². The molecule has 4 aliphatic rings. The van der Waals surface area contributed by atoms with E-state index < -0.39 is 0 Å². The molecule has 4 atom stereocenters. The molecule has 2 nitrogen and oxygen atoms in total. The quantitative estimate of drug-likeness (QED) is 0.671. The van der Waals surface area contributed by atoms with Crippen molar-refractivity contribution in [1.29, 1.82) is 0 Å². The van der Waals surface area contributed by atoms with Crippen LogP contribution in [-0.2, 0) is 4.79 Å². The number of amides is 1. The maximum Gasteiger partial charge on any atom is 0.225 e. The van der Waals surface area contributed by atoms with Gasteiger partial charge in [-0.3, -0.25) is 4.79 Å². The Balaban J connectivity index is 1.33. The van der Waals surface area contributed by atoms with Gasteiger partial charge in [-0.25, -0.2) is 0 Å². The molecular weight excluding hydrogens is 270 g/mol. The number of carbonyl (C=O) groups excluding carboxylic acids is 1. The minimum absolute atomic E-state index is 0.398. The van der Waals surface area contributed by atoms with Gasteiger partial charge < -0.3 is 4.90 Å². The Morgan fingerprint density at radius 1 is 1.14 bits per heavy atom. The second kappa shape index (κ2) is 5.69. The van der Waals surface area contributed by atoms with E-state index in [9.17, 15) is 4.79 Å². The van der Waals surface area contributed by atoms with Crippen LogP contribution < -0.4 is 0 Å². The summed E-state index contributed by atoms with van der Waals surface area (Å²) in [5, 5.41) is 0. The lowest BCUT2D eigenvalue weighted by molar-refractivity contribution is -0.133. The lowest BCUT2D eigenvalue weighted by Crippen LogP contribution is -2.36. The molecule has 0 saturated heterocycles. The van der Waals surface area contributed by atoms with Crippen molar-refractivity contribution in [2.24, 2.45) is 35.5 Å². The largest absolute Gasteiger partial charge is 0.342 e. The monoisotopic (exact) mass is 301 g/mol. The van der Waals surface area contributed by atoms with E-state index in [1.165, 1.54) is 32.1 Å². The zero-order chi connectivity index (χ0) is 15.3. The molecule has 22 heavy (non-hydrogen) atoms. The Kier molecular flexibility index (Phi) is 3.82. The molecule has 0 N–H and O–H groups in total. The second-order valence-corrected chi connectivity index (χ2v) is 8.70. The molecule has 0 aliphatic heterocycles. The van der Waals surface area contributed by atoms with Gasteiger partial charge in [0.05, 0.1) is 0 Å². The average molecular weight is 301 g/mol. The van der Waals surface area contributed by atoms with Crippen LogP contribution in [0.1, 0.15) is 58.8 Å². The number of rotatable bonds is 6. The van der Waals surface area contributed by atoms with Crippen molar-refractivity contribution >= 4 is 5.91 Å². The summed E-state index contributed by atoms with van der Waals surface area (Å²) >= 11 is 0. The summed E-state index contributed by atoms with van der Waals surface area (Å²) in [6.07, 6.45) is 11.6. The third kappa shape index (κ3) is 3.26. The molecule has 0 heterocycles. The lowest BCUT2D eigenvalue weighted by Gasteiger charge is -2.28. The molecule has 1 amide bonds. The molecule has 0 bridgehead atoms. The molecule has 122 valence electrons. The molecule has 3 saturated carbocycles. The topological polar surface area (TPSA) is 20.3 Å². The van der Waals surface area contributed by atoms with E-state index >= 15 is 0 Å². The first-order valence-corrected chi connectivity index (χ1v) is 9.58. The first-order valence-electron chi connectivity index (χ1n) is 9.58. The number of allylic oxidation sites excluding steroid dienone is 2. The molecule has 0 aromatic heterocycles. The predicted octanol–water partition coefficient (Wildman–Crippen LogP) is 4.26. The molecule has 4 rings (SSSR count). The van der Waals surface area contributed by atoms with Crippen LogP contribution in [0, 0.1) is 35.5 Å². The third-order valence-electron chi connectivity index (χ3n) is 6.49. The van der Waals surface area contributed by atoms with E-state index in [2.05, 4.69) is 24.8 Å². The second-order valence-electron chi connectivity index (χ2n) is 8.70. The van der Waals surface area contributed by atoms with Crippen LogP contribution >= 0.6 is 0 Å². The van der Waals surface area contributed by atoms with E-state index in [4.69, 9.17) is 0 Å². The lowest BCUT2D eigenvalue weighted by atomic mass is 9.78. The van der Waals surface area contributed by atoms with E-state index in [0.717, 1.165) is 55.5 Å². The van der Waals surface area contributed by atoms with Gasteiger partial charge in [-0.15, -0.1) is 0 Å². The molecule has 3 fully saturated rings. The van der Waals surface area contributed by atoms with Gasteiger partial charge in [-0.05, 0) is 81.5 Å². The van der Waals surface area contributed by atoms with E-state index in [1.807, 2.05) is 0 Å². The fraction of sp³-hybridized carbons (Fsp3) is 0.850. The first kappa shape index (κ1) is 14.8. The normalized spacial score (nSPS) is 37.6. The van der Waals surface area contributed by atoms with Gasteiger partial charge >= 0.3 is 0 Å². The van der Waals surface area contributed by atoms with Crippen LogP contribution in [0.2, 0.25) is 0 Å². The third-order valence-corrected chi connectivity index (χ3v) is 6.49. The minimum atomic E-state index is 0.398. The van der Waals surface area contributed by atoms with Crippen molar-refractivity contribution in [1.82, 2.24) is 4.90 Å². The highest BCUT2D eigenvalue weighted by Crippen LogP contribution is 2.51. The highest BCUT2D eigenvalue weighted by atomic mass is 16.2. The summed E-state index contributed by atoms with van der Waals surface area (Å²) in [4.78, 5) is 14.8. The van der Waals surface area contributed by atoms with Gasteiger partial charge in [-0.1, -0.05) is 18.6 Å². The van der Waals surface area contributed by atoms with Crippen molar-refractivity contribution in [3.63, 3.8) is 0 Å². The smallest absolute Gasteiger partial charge is 0.225 e. The zero-order valence-corrected chi connectivity index (χ0v) is 14.3. The average Bonchev–Trinajstić information content (AvgIpc) is 3.34. The molecule has 0 radical (unpaired) electrons. The van der Waals surface area contributed by atoms with Crippen molar-refractivity contribution < 1.29 is 4.79 Å². The highest BCUT2D eigenvalue weighted by molar-refractivity contribution is 5.81. The van der Waals surface area contributed by atoms with Crippen LogP contribution in [0.15, 0.2) is 11.6 Å². The van der Waals surface area contributed by atoms with Gasteiger partial charge in [0.15, 0.2) is 0 Å². The van der Waals surface area contributed by atoms with E-state index in [-0.39, 0.29) is 0 Å². The predicted molar refractivity (Wildman–Crippen MR) is 89.3 cm³/mol. The number of hydrogen-bond donors (Lipinski definition) is 0. The summed E-state index contributed by atoms with van der Waals surface area (Å²) in [5.74, 6) is 5.06. The van der Waals surface area contributed by atoms with Crippen LogP contribution in [0.25, 0.3) is 0 Å². The summed E-state index contributed by atoms with van der Waals surface area (Å²) < 4.78 is 0. The number of hydrogen-bond acceptors (Lipinski definition) is 1. The summed E-state index contributed by atoms with van der Waals surface area (Å²) in [5.41, 5.74) is 1.58. The van der Waals surface area contributed by atoms with Gasteiger partial charge in [-0.2, -0.15) is 0 Å². The fourth-order valence-corrected chi connectivity index (χ4v) is 4.66. The molecule has 2 heteroatoms. The van der Waals surface area contributed by atoms with E-state index in [1.54, 1.807) is 5.57 Å². The Hall–Kier alpha value is -0.790. The standard InChI is InChI=1S/C20H31NO/c1-13-3-8-18(14(2)9-13)19-10-17(19)12-21(11-15-4-5-15)20(22)16-6-7-16/h9,14-19H,3-8,10-12H2,1-2H3. The van der Waals surface area contributed by atoms with Gasteiger partial charge in [0.1, 0.15) is 0 Å². The van der Waals surface area contributed by atoms with Crippen LogP contribution in [-0.4, -0.2) is 23.9 Å². The Morgan fingerprint density at radius 2 is 1.91 bits per heavy atom. The summed E-state index contributed by atoms with van der Waals surface area (Å²) in [6.45, 7) is 6.82. The first-order chi connectivity index (χ1) is 10.6. The number of nitrogens with zero attached hydrogens (tertiary/aromatic N) is 1. The molecule has 0 aromatic rings. The van der Waals surface area contributed by atoms with Gasteiger partial charge in [0, 0.05) is 19.0 Å². The Bertz CT molecular complexity index is 474. The van der Waals surface area contributed by atoms with E-state index in [0.29, 0.717) is 11.8 Å². The SMILES string of the molecule is CC1=CC(C)C(C2CC2CN(CC2CC2)C(=O)C2CC2)CC1. The summed E-state index contributed by atoms with van der Waals surface area (Å²) in [7, 11) is 0. The number of carbonyl (C=O) groups is 1.